The summed E-state index contributed by atoms with van der Waals surface area (Å²) < 4.78 is 5.50. The lowest BCUT2D eigenvalue weighted by Gasteiger charge is -2.18. The number of hydrogen-bond donors (Lipinski definition) is 2. The smallest absolute Gasteiger partial charge is 0.343 e. The topological polar surface area (TPSA) is 100 Å². The van der Waals surface area contributed by atoms with Gasteiger partial charge in [-0.25, -0.2) is 10.2 Å². The van der Waals surface area contributed by atoms with E-state index < -0.39 is 17.8 Å². The molecule has 8 heteroatoms. The number of hydrogen-bond acceptors (Lipinski definition) is 6. The average molecular weight is 589 g/mol. The Bertz CT molecular complexity index is 1650. The van der Waals surface area contributed by atoms with Crippen molar-refractivity contribution in [1.29, 1.82) is 0 Å². The van der Waals surface area contributed by atoms with E-state index >= 15 is 0 Å². The fourth-order valence-corrected chi connectivity index (χ4v) is 4.10. The number of esters is 1. The van der Waals surface area contributed by atoms with Crippen molar-refractivity contribution >= 4 is 35.8 Å². The zero-order valence-corrected chi connectivity index (χ0v) is 25.5. The average Bonchev–Trinajstić information content (AvgIpc) is 3.01. The summed E-state index contributed by atoms with van der Waals surface area (Å²) in [4.78, 5) is 40.5. The van der Waals surface area contributed by atoms with Gasteiger partial charge in [0, 0.05) is 25.3 Å². The predicted octanol–water partition coefficient (Wildman–Crippen LogP) is 6.19. The summed E-state index contributed by atoms with van der Waals surface area (Å²) in [6.45, 7) is 6.34. The lowest BCUT2D eigenvalue weighted by Crippen LogP contribution is -2.32. The molecule has 0 radical (unpaired) electrons. The third-order valence-electron chi connectivity index (χ3n) is 6.71. The van der Waals surface area contributed by atoms with Crippen molar-refractivity contribution in [3.63, 3.8) is 0 Å². The van der Waals surface area contributed by atoms with Crippen LogP contribution in [0.1, 0.15) is 58.2 Å². The first-order chi connectivity index (χ1) is 21.0. The van der Waals surface area contributed by atoms with Gasteiger partial charge in [0.15, 0.2) is 0 Å². The number of benzene rings is 4. The van der Waals surface area contributed by atoms with Gasteiger partial charge in [0.25, 0.3) is 11.8 Å². The highest BCUT2D eigenvalue weighted by Gasteiger charge is 2.16. The number of nitrogens with one attached hydrogen (secondary N) is 2. The number of hydrazone groups is 1. The molecule has 224 valence electrons. The van der Waals surface area contributed by atoms with Gasteiger partial charge in [-0.15, -0.1) is 0 Å². The molecule has 0 unspecified atom stereocenters. The highest BCUT2D eigenvalue weighted by molar-refractivity contribution is 6.05. The molecule has 8 nitrogen and oxygen atoms in total. The maximum Gasteiger partial charge on any atom is 0.343 e. The van der Waals surface area contributed by atoms with Crippen LogP contribution in [0.2, 0.25) is 0 Å². The van der Waals surface area contributed by atoms with Crippen molar-refractivity contribution in [2.45, 2.75) is 26.2 Å². The van der Waals surface area contributed by atoms with Crippen LogP contribution in [0.3, 0.4) is 0 Å². The minimum atomic E-state index is -0.592. The number of rotatable bonds is 9. The Labute approximate surface area is 258 Å². The first-order valence-electron chi connectivity index (χ1n) is 14.1. The third-order valence-corrected chi connectivity index (χ3v) is 6.71. The van der Waals surface area contributed by atoms with Crippen LogP contribution in [0.4, 0.5) is 5.69 Å². The van der Waals surface area contributed by atoms with Crippen LogP contribution in [0, 0.1) is 0 Å². The SMILES string of the molecule is CN(C)c1ccc(/C=C(/NC(=O)c2ccccc2)C(=O)N/N=C/c2ccc(OC(=O)c3ccc(C(C)(C)C)cc3)cc2)cc1. The Morgan fingerprint density at radius 2 is 1.36 bits per heavy atom. The molecule has 0 spiro atoms. The van der Waals surface area contributed by atoms with Crippen LogP contribution < -0.4 is 20.4 Å². The lowest BCUT2D eigenvalue weighted by atomic mass is 9.87. The summed E-state index contributed by atoms with van der Waals surface area (Å²) in [6.07, 6.45) is 3.04. The summed E-state index contributed by atoms with van der Waals surface area (Å²) >= 11 is 0. The van der Waals surface area contributed by atoms with Crippen LogP contribution in [-0.2, 0) is 10.2 Å². The molecule has 0 saturated heterocycles. The summed E-state index contributed by atoms with van der Waals surface area (Å²) in [5, 5.41) is 6.75. The van der Waals surface area contributed by atoms with Crippen molar-refractivity contribution in [3.05, 3.63) is 137 Å². The Kier molecular flexibility index (Phi) is 10.1. The fraction of sp³-hybridized carbons (Fsp3) is 0.167. The van der Waals surface area contributed by atoms with Crippen molar-refractivity contribution in [3.8, 4) is 5.75 Å². The molecule has 0 bridgehead atoms. The molecule has 4 rings (SSSR count). The zero-order chi connectivity index (χ0) is 31.7. The van der Waals surface area contributed by atoms with E-state index in [1.807, 2.05) is 61.5 Å². The number of carbonyl (C=O) groups is 3. The number of amides is 2. The van der Waals surface area contributed by atoms with E-state index in [1.165, 1.54) is 6.21 Å². The van der Waals surface area contributed by atoms with Crippen molar-refractivity contribution in [2.75, 3.05) is 19.0 Å². The molecule has 2 N–H and O–H groups in total. The quantitative estimate of drug-likeness (QED) is 0.0799. The molecule has 0 aromatic heterocycles. The lowest BCUT2D eigenvalue weighted by molar-refractivity contribution is -0.117. The van der Waals surface area contributed by atoms with Gasteiger partial charge in [0.2, 0.25) is 0 Å². The van der Waals surface area contributed by atoms with Crippen molar-refractivity contribution in [2.24, 2.45) is 5.10 Å². The molecule has 0 atom stereocenters. The second-order valence-electron chi connectivity index (χ2n) is 11.3. The number of nitrogens with zero attached hydrogens (tertiary/aromatic N) is 2. The Morgan fingerprint density at radius 3 is 1.95 bits per heavy atom. The van der Waals surface area contributed by atoms with E-state index in [-0.39, 0.29) is 11.1 Å². The van der Waals surface area contributed by atoms with Gasteiger partial charge in [-0.1, -0.05) is 63.2 Å². The van der Waals surface area contributed by atoms with Crippen LogP contribution in [0.25, 0.3) is 6.08 Å². The minimum absolute atomic E-state index is 0.00845. The summed E-state index contributed by atoms with van der Waals surface area (Å²) in [5.41, 5.74) is 6.90. The molecule has 0 saturated carbocycles. The van der Waals surface area contributed by atoms with Crippen LogP contribution in [0.15, 0.2) is 114 Å². The second kappa shape index (κ2) is 14.1. The van der Waals surface area contributed by atoms with Gasteiger partial charge in [0.1, 0.15) is 11.4 Å². The largest absolute Gasteiger partial charge is 0.423 e. The van der Waals surface area contributed by atoms with Gasteiger partial charge >= 0.3 is 5.97 Å². The number of ether oxygens (including phenoxy) is 1. The van der Waals surface area contributed by atoms with E-state index in [9.17, 15) is 14.4 Å². The van der Waals surface area contributed by atoms with Gasteiger partial charge in [-0.2, -0.15) is 5.10 Å². The molecule has 4 aromatic carbocycles. The first-order valence-corrected chi connectivity index (χ1v) is 14.1. The van der Waals surface area contributed by atoms with Crippen LogP contribution >= 0.6 is 0 Å². The van der Waals surface area contributed by atoms with Gasteiger partial charge < -0.3 is 15.0 Å². The molecule has 0 fully saturated rings. The molecule has 0 aliphatic heterocycles. The molecule has 0 aliphatic rings. The molecule has 44 heavy (non-hydrogen) atoms. The predicted molar refractivity (Wildman–Crippen MR) is 175 cm³/mol. The fourth-order valence-electron chi connectivity index (χ4n) is 4.10. The summed E-state index contributed by atoms with van der Waals surface area (Å²) in [7, 11) is 3.88. The van der Waals surface area contributed by atoms with E-state index in [0.717, 1.165) is 16.8 Å². The highest BCUT2D eigenvalue weighted by atomic mass is 16.5. The molecule has 2 amide bonds. The Balaban J connectivity index is 1.41. The van der Waals surface area contributed by atoms with Gasteiger partial charge in [-0.05, 0) is 88.8 Å². The molecule has 0 heterocycles. The molecular weight excluding hydrogens is 552 g/mol. The number of carbonyl (C=O) groups excluding carboxylic acids is 3. The van der Waals surface area contributed by atoms with E-state index in [0.29, 0.717) is 22.4 Å². The van der Waals surface area contributed by atoms with Gasteiger partial charge in [-0.3, -0.25) is 9.59 Å². The van der Waals surface area contributed by atoms with E-state index in [2.05, 4.69) is 36.6 Å². The summed E-state index contributed by atoms with van der Waals surface area (Å²) in [5.74, 6) is -1.08. The number of anilines is 1. The van der Waals surface area contributed by atoms with Crippen molar-refractivity contribution < 1.29 is 19.1 Å². The normalized spacial score (nSPS) is 11.6. The Hall–Kier alpha value is -5.50. The maximum absolute atomic E-state index is 13.1. The van der Waals surface area contributed by atoms with E-state index in [1.54, 1.807) is 66.7 Å². The monoisotopic (exact) mass is 588 g/mol. The first kappa shape index (κ1) is 31.4. The van der Waals surface area contributed by atoms with Crippen LogP contribution in [-0.4, -0.2) is 38.1 Å². The molecule has 0 aliphatic carbocycles. The van der Waals surface area contributed by atoms with Gasteiger partial charge in [0.05, 0.1) is 11.8 Å². The standard InChI is InChI=1S/C36H36N4O4/c1-36(2,3)29-17-15-28(16-18-29)35(43)44-31-21-13-26(14-22-31)24-37-39-34(42)32(38-33(41)27-9-7-6-8-10-27)23-25-11-19-30(20-12-25)40(4)5/h6-24H,1-5H3,(H,38,41)(H,39,42)/b32-23+,37-24+. The third kappa shape index (κ3) is 8.75. The highest BCUT2D eigenvalue weighted by Crippen LogP contribution is 2.23. The maximum atomic E-state index is 13.1. The van der Waals surface area contributed by atoms with E-state index in [4.69, 9.17) is 4.74 Å². The molecular formula is C36H36N4O4. The minimum Gasteiger partial charge on any atom is -0.423 e. The summed E-state index contributed by atoms with van der Waals surface area (Å²) in [6, 6.07) is 30.3. The Morgan fingerprint density at radius 1 is 0.750 bits per heavy atom. The second-order valence-corrected chi connectivity index (χ2v) is 11.3. The van der Waals surface area contributed by atoms with Crippen LogP contribution in [0.5, 0.6) is 5.75 Å². The van der Waals surface area contributed by atoms with Crippen molar-refractivity contribution in [1.82, 2.24) is 10.7 Å². The molecule has 4 aromatic rings. The zero-order valence-electron chi connectivity index (χ0n) is 25.5.